The highest BCUT2D eigenvalue weighted by Crippen LogP contribution is 2.33. The number of oxime groups is 1. The summed E-state index contributed by atoms with van der Waals surface area (Å²) in [6.07, 6.45) is 1.24. The summed E-state index contributed by atoms with van der Waals surface area (Å²) in [5.74, 6) is 0.569. The molecule has 0 unspecified atom stereocenters. The van der Waals surface area contributed by atoms with E-state index in [4.69, 9.17) is 9.15 Å². The van der Waals surface area contributed by atoms with Gasteiger partial charge in [-0.3, -0.25) is 10.1 Å². The van der Waals surface area contributed by atoms with E-state index in [-0.39, 0.29) is 5.69 Å². The zero-order valence-corrected chi connectivity index (χ0v) is 11.8. The van der Waals surface area contributed by atoms with Crippen molar-refractivity contribution < 1.29 is 23.7 Å². The van der Waals surface area contributed by atoms with E-state index >= 15 is 0 Å². The van der Waals surface area contributed by atoms with E-state index < -0.39 is 10.9 Å². The summed E-state index contributed by atoms with van der Waals surface area (Å²) in [7, 11) is 1.41. The summed E-state index contributed by atoms with van der Waals surface area (Å²) >= 11 is 0. The highest BCUT2D eigenvalue weighted by atomic mass is 16.7. The Kier molecular flexibility index (Phi) is 4.52. The van der Waals surface area contributed by atoms with Crippen LogP contribution in [0.15, 0.2) is 39.9 Å². The van der Waals surface area contributed by atoms with E-state index in [9.17, 15) is 14.9 Å². The third-order valence-corrected chi connectivity index (χ3v) is 2.65. The van der Waals surface area contributed by atoms with Gasteiger partial charge in [0.05, 0.1) is 23.7 Å². The second-order valence-corrected chi connectivity index (χ2v) is 4.16. The second kappa shape index (κ2) is 6.53. The summed E-state index contributed by atoms with van der Waals surface area (Å²) in [5.41, 5.74) is 0.476. The number of hydrogen-bond acceptors (Lipinski definition) is 7. The van der Waals surface area contributed by atoms with Crippen LogP contribution in [0.5, 0.6) is 5.75 Å². The average Bonchev–Trinajstić information content (AvgIpc) is 2.94. The summed E-state index contributed by atoms with van der Waals surface area (Å²) < 4.78 is 10.6. The maximum atomic E-state index is 10.8. The summed E-state index contributed by atoms with van der Waals surface area (Å²) in [5, 5.41) is 14.2. The minimum Gasteiger partial charge on any atom is -0.496 e. The van der Waals surface area contributed by atoms with Gasteiger partial charge in [-0.25, -0.2) is 4.79 Å². The van der Waals surface area contributed by atoms with E-state index in [0.717, 1.165) is 0 Å². The van der Waals surface area contributed by atoms with Gasteiger partial charge in [0.15, 0.2) is 0 Å². The largest absolute Gasteiger partial charge is 0.496 e. The molecule has 0 spiro atoms. The van der Waals surface area contributed by atoms with Gasteiger partial charge in [-0.2, -0.15) is 0 Å². The summed E-state index contributed by atoms with van der Waals surface area (Å²) in [6.45, 7) is 1.23. The van der Waals surface area contributed by atoms with E-state index in [0.29, 0.717) is 22.8 Å². The lowest BCUT2D eigenvalue weighted by molar-refractivity contribution is -0.384. The van der Waals surface area contributed by atoms with Gasteiger partial charge >= 0.3 is 5.97 Å². The molecule has 0 radical (unpaired) electrons. The first-order valence-electron chi connectivity index (χ1n) is 6.15. The van der Waals surface area contributed by atoms with Crippen molar-refractivity contribution in [1.82, 2.24) is 0 Å². The number of carbonyl (C=O) groups is 1. The van der Waals surface area contributed by atoms with Crippen LogP contribution in [0.3, 0.4) is 0 Å². The Hall–Kier alpha value is -3.16. The van der Waals surface area contributed by atoms with Gasteiger partial charge in [-0.1, -0.05) is 5.16 Å². The van der Waals surface area contributed by atoms with Gasteiger partial charge in [0, 0.05) is 13.0 Å². The Morgan fingerprint density at radius 2 is 2.14 bits per heavy atom. The number of nitro benzene ring substituents is 1. The Bertz CT molecular complexity index is 735. The van der Waals surface area contributed by atoms with Crippen LogP contribution in [0, 0.1) is 10.1 Å². The molecule has 0 amide bonds. The highest BCUT2D eigenvalue weighted by molar-refractivity contribution is 5.79. The van der Waals surface area contributed by atoms with Gasteiger partial charge in [0.1, 0.15) is 23.5 Å². The molecule has 1 heterocycles. The van der Waals surface area contributed by atoms with E-state index in [1.807, 2.05) is 0 Å². The predicted molar refractivity (Wildman–Crippen MR) is 76.7 cm³/mol. The van der Waals surface area contributed by atoms with Crippen LogP contribution in [0.2, 0.25) is 0 Å². The standard InChI is InChI=1S/C14H12N2O6/c1-9(17)22-15-8-11-4-6-13(21-11)12-5-3-10(16(18)19)7-14(12)20-2/h3-8H,1-2H3/b15-8+. The molecule has 0 bridgehead atoms. The smallest absolute Gasteiger partial charge is 0.331 e. The zero-order valence-electron chi connectivity index (χ0n) is 11.8. The molecule has 0 aliphatic heterocycles. The number of nitrogens with zero attached hydrogens (tertiary/aromatic N) is 2. The number of methoxy groups -OCH3 is 1. The normalized spacial score (nSPS) is 10.6. The molecule has 8 nitrogen and oxygen atoms in total. The van der Waals surface area contributed by atoms with Gasteiger partial charge in [0.2, 0.25) is 0 Å². The Labute approximate surface area is 125 Å². The highest BCUT2D eigenvalue weighted by Gasteiger charge is 2.15. The van der Waals surface area contributed by atoms with Crippen molar-refractivity contribution >= 4 is 17.9 Å². The minimum atomic E-state index is -0.542. The third kappa shape index (κ3) is 3.48. The monoisotopic (exact) mass is 304 g/mol. The lowest BCUT2D eigenvalue weighted by atomic mass is 10.1. The molecular formula is C14H12N2O6. The van der Waals surface area contributed by atoms with Crippen LogP contribution in [0.1, 0.15) is 12.7 Å². The molecule has 0 saturated carbocycles. The Morgan fingerprint density at radius 3 is 2.77 bits per heavy atom. The number of ether oxygens (including phenoxy) is 1. The fourth-order valence-corrected chi connectivity index (χ4v) is 1.72. The van der Waals surface area contributed by atoms with Crippen LogP contribution in [0.4, 0.5) is 5.69 Å². The molecule has 114 valence electrons. The van der Waals surface area contributed by atoms with Gasteiger partial charge in [-0.15, -0.1) is 0 Å². The van der Waals surface area contributed by atoms with Crippen molar-refractivity contribution in [3.05, 3.63) is 46.2 Å². The molecule has 8 heteroatoms. The summed E-state index contributed by atoms with van der Waals surface area (Å²) in [4.78, 5) is 25.3. The zero-order chi connectivity index (χ0) is 16.1. The number of non-ortho nitro benzene ring substituents is 1. The molecule has 0 fully saturated rings. The van der Waals surface area contributed by atoms with Gasteiger partial charge in [-0.05, 0) is 18.2 Å². The molecule has 1 aromatic heterocycles. The van der Waals surface area contributed by atoms with Gasteiger partial charge in [0.25, 0.3) is 5.69 Å². The van der Waals surface area contributed by atoms with Crippen molar-refractivity contribution in [3.8, 4) is 17.1 Å². The van der Waals surface area contributed by atoms with Crippen molar-refractivity contribution in [2.75, 3.05) is 7.11 Å². The quantitative estimate of drug-likeness (QED) is 0.364. The molecule has 2 rings (SSSR count). The fraction of sp³-hybridized carbons (Fsp3) is 0.143. The molecule has 2 aromatic rings. The van der Waals surface area contributed by atoms with E-state index in [1.165, 1.54) is 38.4 Å². The Morgan fingerprint density at radius 1 is 1.36 bits per heavy atom. The number of carbonyl (C=O) groups excluding carboxylic acids is 1. The first-order valence-corrected chi connectivity index (χ1v) is 6.15. The lowest BCUT2D eigenvalue weighted by Gasteiger charge is -2.05. The van der Waals surface area contributed by atoms with Crippen molar-refractivity contribution in [1.29, 1.82) is 0 Å². The van der Waals surface area contributed by atoms with Crippen molar-refractivity contribution in [2.24, 2.45) is 5.16 Å². The number of hydrogen-bond donors (Lipinski definition) is 0. The second-order valence-electron chi connectivity index (χ2n) is 4.16. The topological polar surface area (TPSA) is 104 Å². The van der Waals surface area contributed by atoms with Crippen molar-refractivity contribution in [3.63, 3.8) is 0 Å². The third-order valence-electron chi connectivity index (χ3n) is 2.65. The van der Waals surface area contributed by atoms with E-state index in [1.54, 1.807) is 12.1 Å². The van der Waals surface area contributed by atoms with E-state index in [2.05, 4.69) is 9.99 Å². The number of benzene rings is 1. The fourth-order valence-electron chi connectivity index (χ4n) is 1.72. The predicted octanol–water partition coefficient (Wildman–Crippen LogP) is 2.76. The SMILES string of the molecule is COc1cc([N+](=O)[O-])ccc1-c1ccc(/C=N/OC(C)=O)o1. The molecule has 0 aliphatic rings. The van der Waals surface area contributed by atoms with Crippen LogP contribution in [-0.2, 0) is 9.63 Å². The molecule has 0 atom stereocenters. The number of furan rings is 1. The van der Waals surface area contributed by atoms with Gasteiger partial charge < -0.3 is 14.0 Å². The molecule has 1 aromatic carbocycles. The van der Waals surface area contributed by atoms with Crippen LogP contribution < -0.4 is 4.74 Å². The average molecular weight is 304 g/mol. The molecule has 0 aliphatic carbocycles. The number of rotatable bonds is 5. The molecule has 0 N–H and O–H groups in total. The van der Waals surface area contributed by atoms with Crippen LogP contribution in [0.25, 0.3) is 11.3 Å². The molecule has 0 saturated heterocycles. The first kappa shape index (κ1) is 15.2. The maximum Gasteiger partial charge on any atom is 0.331 e. The first-order chi connectivity index (χ1) is 10.5. The van der Waals surface area contributed by atoms with Crippen molar-refractivity contribution in [2.45, 2.75) is 6.92 Å². The lowest BCUT2D eigenvalue weighted by Crippen LogP contribution is -1.92. The number of nitro groups is 1. The molecule has 22 heavy (non-hydrogen) atoms. The van der Waals surface area contributed by atoms with Crippen LogP contribution >= 0.6 is 0 Å². The van der Waals surface area contributed by atoms with Crippen LogP contribution in [-0.4, -0.2) is 24.2 Å². The minimum absolute atomic E-state index is 0.0798. The summed E-state index contributed by atoms with van der Waals surface area (Å²) in [6, 6.07) is 7.46. The Balaban J connectivity index is 2.28. The molecular weight excluding hydrogens is 292 g/mol. The maximum absolute atomic E-state index is 10.8.